The Morgan fingerprint density at radius 1 is 1.41 bits per heavy atom. The van der Waals surface area contributed by atoms with Gasteiger partial charge in [-0.1, -0.05) is 0 Å². The summed E-state index contributed by atoms with van der Waals surface area (Å²) in [6.07, 6.45) is 0.967. The van der Waals surface area contributed by atoms with E-state index in [0.717, 1.165) is 30.8 Å². The van der Waals surface area contributed by atoms with Gasteiger partial charge >= 0.3 is 0 Å². The summed E-state index contributed by atoms with van der Waals surface area (Å²) in [5.74, 6) is 0. The molecule has 5 heteroatoms. The molecule has 0 radical (unpaired) electrons. The van der Waals surface area contributed by atoms with Crippen LogP contribution in [-0.4, -0.2) is 11.5 Å². The van der Waals surface area contributed by atoms with Gasteiger partial charge in [0.1, 0.15) is 6.07 Å². The third-order valence-electron chi connectivity index (χ3n) is 2.26. The summed E-state index contributed by atoms with van der Waals surface area (Å²) in [6, 6.07) is 4.08. The van der Waals surface area contributed by atoms with Crippen LogP contribution >= 0.6 is 22.7 Å². The Morgan fingerprint density at radius 2 is 2.29 bits per heavy atom. The lowest BCUT2D eigenvalue weighted by Gasteiger charge is -2.00. The molecule has 88 valence electrons. The second kappa shape index (κ2) is 5.92. The Hall–Kier alpha value is -1.22. The van der Waals surface area contributed by atoms with Crippen LogP contribution in [0.5, 0.6) is 0 Å². The fourth-order valence-electron chi connectivity index (χ4n) is 1.46. The summed E-state index contributed by atoms with van der Waals surface area (Å²) in [5.41, 5.74) is 1.85. The first-order chi connectivity index (χ1) is 8.28. The lowest BCUT2D eigenvalue weighted by molar-refractivity contribution is 0.691. The van der Waals surface area contributed by atoms with Crippen LogP contribution in [0.4, 0.5) is 0 Å². The van der Waals surface area contributed by atoms with Crippen molar-refractivity contribution in [1.82, 2.24) is 10.3 Å². The van der Waals surface area contributed by atoms with Crippen molar-refractivity contribution in [2.45, 2.75) is 19.9 Å². The molecule has 2 aromatic heterocycles. The predicted octanol–water partition coefficient (Wildman–Crippen LogP) is 2.72. The second-order valence-corrected chi connectivity index (χ2v) is 5.66. The van der Waals surface area contributed by atoms with Crippen molar-refractivity contribution in [2.75, 3.05) is 6.54 Å². The van der Waals surface area contributed by atoms with E-state index in [9.17, 15) is 0 Å². The minimum atomic E-state index is 0.752. The number of aryl methyl sites for hydroxylation is 1. The second-order valence-electron chi connectivity index (χ2n) is 3.72. The molecule has 0 bridgehead atoms. The van der Waals surface area contributed by atoms with Crippen molar-refractivity contribution < 1.29 is 0 Å². The molecule has 2 aromatic rings. The maximum Gasteiger partial charge on any atom is 0.100 e. The average Bonchev–Trinajstić information content (AvgIpc) is 2.93. The van der Waals surface area contributed by atoms with Crippen molar-refractivity contribution in [3.05, 3.63) is 38.0 Å². The van der Waals surface area contributed by atoms with Crippen LogP contribution in [0.1, 0.15) is 21.1 Å². The number of rotatable bonds is 5. The zero-order valence-corrected chi connectivity index (χ0v) is 11.2. The average molecular weight is 263 g/mol. The van der Waals surface area contributed by atoms with E-state index in [4.69, 9.17) is 5.26 Å². The van der Waals surface area contributed by atoms with Gasteiger partial charge in [-0.15, -0.1) is 22.7 Å². The molecule has 2 heterocycles. The Bertz CT molecular complexity index is 522. The van der Waals surface area contributed by atoms with Crippen LogP contribution in [0.15, 0.2) is 16.8 Å². The molecule has 0 atom stereocenters. The quantitative estimate of drug-likeness (QED) is 0.844. The van der Waals surface area contributed by atoms with Crippen LogP contribution in [0.25, 0.3) is 0 Å². The first-order valence-corrected chi connectivity index (χ1v) is 7.13. The monoisotopic (exact) mass is 263 g/mol. The molecule has 0 aliphatic heterocycles. The minimum absolute atomic E-state index is 0.752. The highest BCUT2D eigenvalue weighted by molar-refractivity contribution is 7.10. The zero-order valence-electron chi connectivity index (χ0n) is 9.56. The Balaban J connectivity index is 1.71. The van der Waals surface area contributed by atoms with Gasteiger partial charge in [0.25, 0.3) is 0 Å². The molecule has 2 rings (SSSR count). The maximum atomic E-state index is 8.70. The molecule has 17 heavy (non-hydrogen) atoms. The van der Waals surface area contributed by atoms with Gasteiger partial charge in [-0.05, 0) is 13.0 Å². The third-order valence-corrected chi connectivity index (χ3v) is 4.23. The van der Waals surface area contributed by atoms with Crippen molar-refractivity contribution in [2.24, 2.45) is 0 Å². The molecule has 0 unspecified atom stereocenters. The molecule has 0 saturated carbocycles. The molecule has 0 fully saturated rings. The van der Waals surface area contributed by atoms with E-state index in [1.807, 2.05) is 18.4 Å². The van der Waals surface area contributed by atoms with Crippen molar-refractivity contribution in [3.63, 3.8) is 0 Å². The fraction of sp³-hybridized carbons (Fsp3) is 0.333. The number of nitrogens with one attached hydrogen (secondary N) is 1. The van der Waals surface area contributed by atoms with E-state index in [1.54, 1.807) is 22.7 Å². The number of hydrogen-bond donors (Lipinski definition) is 1. The van der Waals surface area contributed by atoms with E-state index in [-0.39, 0.29) is 0 Å². The number of aromatic nitrogens is 1. The van der Waals surface area contributed by atoms with E-state index in [1.165, 1.54) is 9.88 Å². The first-order valence-electron chi connectivity index (χ1n) is 5.37. The van der Waals surface area contributed by atoms with Crippen LogP contribution < -0.4 is 5.32 Å². The first kappa shape index (κ1) is 12.2. The third kappa shape index (κ3) is 3.63. The summed E-state index contributed by atoms with van der Waals surface area (Å²) >= 11 is 3.34. The van der Waals surface area contributed by atoms with Gasteiger partial charge in [0.05, 0.1) is 10.6 Å². The molecular weight excluding hydrogens is 250 g/mol. The molecule has 1 N–H and O–H groups in total. The number of nitriles is 1. The van der Waals surface area contributed by atoms with Gasteiger partial charge in [0.2, 0.25) is 0 Å². The van der Waals surface area contributed by atoms with Crippen LogP contribution in [0, 0.1) is 18.3 Å². The SMILES string of the molecule is Cc1csc(CCNCc2cc(C#N)cs2)n1. The zero-order chi connectivity index (χ0) is 12.1. The molecule has 0 aromatic carbocycles. The van der Waals surface area contributed by atoms with Gasteiger partial charge in [0, 0.05) is 40.8 Å². The highest BCUT2D eigenvalue weighted by Gasteiger charge is 2.00. The van der Waals surface area contributed by atoms with Crippen molar-refractivity contribution in [1.29, 1.82) is 5.26 Å². The number of hydrogen-bond acceptors (Lipinski definition) is 5. The standard InChI is InChI=1S/C12H13N3S2/c1-9-7-17-12(15-9)2-3-14-6-11-4-10(5-13)8-16-11/h4,7-8,14H,2-3,6H2,1H3. The molecule has 0 aliphatic rings. The van der Waals surface area contributed by atoms with Crippen molar-refractivity contribution in [3.8, 4) is 6.07 Å². The number of nitrogens with zero attached hydrogens (tertiary/aromatic N) is 2. The lowest BCUT2D eigenvalue weighted by atomic mass is 10.3. The van der Waals surface area contributed by atoms with E-state index < -0.39 is 0 Å². The Morgan fingerprint density at radius 3 is 2.94 bits per heavy atom. The fourth-order valence-corrected chi connectivity index (χ4v) is 3.01. The molecule has 0 aliphatic carbocycles. The molecule has 0 spiro atoms. The Kier molecular flexibility index (Phi) is 4.26. The molecule has 0 amide bonds. The number of thiophene rings is 1. The van der Waals surface area contributed by atoms with Gasteiger partial charge in [0.15, 0.2) is 0 Å². The van der Waals surface area contributed by atoms with Gasteiger partial charge in [-0.2, -0.15) is 5.26 Å². The van der Waals surface area contributed by atoms with E-state index >= 15 is 0 Å². The molecule has 3 nitrogen and oxygen atoms in total. The van der Waals surface area contributed by atoms with Crippen molar-refractivity contribution >= 4 is 22.7 Å². The van der Waals surface area contributed by atoms with Crippen LogP contribution in [-0.2, 0) is 13.0 Å². The molecule has 0 saturated heterocycles. The highest BCUT2D eigenvalue weighted by atomic mass is 32.1. The smallest absolute Gasteiger partial charge is 0.100 e. The highest BCUT2D eigenvalue weighted by Crippen LogP contribution is 2.13. The lowest BCUT2D eigenvalue weighted by Crippen LogP contribution is -2.15. The largest absolute Gasteiger partial charge is 0.311 e. The summed E-state index contributed by atoms with van der Waals surface area (Å²) in [5, 5.41) is 17.2. The predicted molar refractivity (Wildman–Crippen MR) is 71.3 cm³/mol. The summed E-state index contributed by atoms with van der Waals surface area (Å²) in [4.78, 5) is 5.62. The Labute approximate surface area is 109 Å². The van der Waals surface area contributed by atoms with Gasteiger partial charge in [-0.3, -0.25) is 0 Å². The topological polar surface area (TPSA) is 48.7 Å². The van der Waals surface area contributed by atoms with Crippen LogP contribution in [0.2, 0.25) is 0 Å². The maximum absolute atomic E-state index is 8.70. The van der Waals surface area contributed by atoms with Crippen LogP contribution in [0.3, 0.4) is 0 Å². The number of thiazole rings is 1. The molecular formula is C12H13N3S2. The van der Waals surface area contributed by atoms with E-state index in [2.05, 4.69) is 21.8 Å². The normalized spacial score (nSPS) is 10.4. The van der Waals surface area contributed by atoms with Gasteiger partial charge in [-0.25, -0.2) is 4.98 Å². The van der Waals surface area contributed by atoms with E-state index in [0.29, 0.717) is 0 Å². The minimum Gasteiger partial charge on any atom is -0.311 e. The van der Waals surface area contributed by atoms with Gasteiger partial charge < -0.3 is 5.32 Å². The summed E-state index contributed by atoms with van der Waals surface area (Å²) < 4.78 is 0. The summed E-state index contributed by atoms with van der Waals surface area (Å²) in [6.45, 7) is 3.77. The summed E-state index contributed by atoms with van der Waals surface area (Å²) in [7, 11) is 0.